The van der Waals surface area contributed by atoms with Crippen LogP contribution in [0, 0.1) is 0 Å². The number of benzene rings is 1. The molecule has 2 amide bonds. The number of carbonyl (C=O) groups is 1. The van der Waals surface area contributed by atoms with Gasteiger partial charge < -0.3 is 24.3 Å². The number of piperazine rings is 1. The van der Waals surface area contributed by atoms with E-state index in [0.717, 1.165) is 37.1 Å². The molecule has 0 aliphatic carbocycles. The lowest BCUT2D eigenvalue weighted by atomic mass is 10.2. The van der Waals surface area contributed by atoms with Gasteiger partial charge in [-0.2, -0.15) is 10.1 Å². The van der Waals surface area contributed by atoms with Crippen molar-refractivity contribution in [1.82, 2.24) is 19.7 Å². The van der Waals surface area contributed by atoms with Gasteiger partial charge in [0, 0.05) is 39.0 Å². The Morgan fingerprint density at radius 3 is 2.86 bits per heavy atom. The number of oxazole rings is 1. The van der Waals surface area contributed by atoms with Gasteiger partial charge >= 0.3 is 6.03 Å². The Kier molecular flexibility index (Phi) is 4.81. The highest BCUT2D eigenvalue weighted by Crippen LogP contribution is 2.22. The monoisotopic (exact) mass is 396 g/mol. The molecule has 5 rings (SSSR count). The van der Waals surface area contributed by atoms with Crippen LogP contribution >= 0.6 is 0 Å². The normalized spacial score (nSPS) is 19.8. The zero-order chi connectivity index (χ0) is 19.6. The molecule has 1 atom stereocenters. The molecule has 2 fully saturated rings. The number of amides is 2. The molecule has 2 aromatic heterocycles. The van der Waals surface area contributed by atoms with Crippen molar-refractivity contribution >= 4 is 28.8 Å². The number of nitrogens with one attached hydrogen (secondary N) is 1. The van der Waals surface area contributed by atoms with Crippen LogP contribution in [0.1, 0.15) is 12.8 Å². The van der Waals surface area contributed by atoms with E-state index >= 15 is 0 Å². The molecule has 0 saturated carbocycles. The number of carbonyl (C=O) groups excluding carboxylic acids is 1. The van der Waals surface area contributed by atoms with Gasteiger partial charge in [-0.15, -0.1) is 0 Å². The van der Waals surface area contributed by atoms with E-state index in [1.54, 1.807) is 11.1 Å². The van der Waals surface area contributed by atoms with Gasteiger partial charge in [-0.05, 0) is 25.0 Å². The molecule has 29 heavy (non-hydrogen) atoms. The molecule has 2 aliphatic rings. The third-order valence-electron chi connectivity index (χ3n) is 5.42. The zero-order valence-electron chi connectivity index (χ0n) is 16.2. The second kappa shape index (κ2) is 7.75. The van der Waals surface area contributed by atoms with Gasteiger partial charge in [0.15, 0.2) is 5.58 Å². The van der Waals surface area contributed by atoms with Crippen LogP contribution in [0.15, 0.2) is 41.1 Å². The standard InChI is InChI=1S/C20H24N6O3/c27-19(22-15-12-21-26(13-15)14-16-4-3-11-28-16)24-7-9-25(10-8-24)20-23-17-5-1-2-6-18(17)29-20/h1-2,5-6,12-13,16H,3-4,7-11,14H2,(H,22,27). The predicted octanol–water partition coefficient (Wildman–Crippen LogP) is 2.56. The number of hydrogen-bond donors (Lipinski definition) is 1. The second-order valence-corrected chi connectivity index (χ2v) is 7.45. The first-order valence-corrected chi connectivity index (χ1v) is 10.0. The highest BCUT2D eigenvalue weighted by Gasteiger charge is 2.24. The third kappa shape index (κ3) is 3.91. The topological polar surface area (TPSA) is 88.7 Å². The van der Waals surface area contributed by atoms with Crippen LogP contribution in [0.2, 0.25) is 0 Å². The number of ether oxygens (including phenoxy) is 1. The summed E-state index contributed by atoms with van der Waals surface area (Å²) in [7, 11) is 0. The van der Waals surface area contributed by atoms with Crippen LogP contribution < -0.4 is 10.2 Å². The van der Waals surface area contributed by atoms with Gasteiger partial charge in [0.25, 0.3) is 6.01 Å². The number of rotatable bonds is 4. The van der Waals surface area contributed by atoms with Crippen LogP contribution in [0.4, 0.5) is 16.5 Å². The number of urea groups is 1. The maximum atomic E-state index is 12.6. The lowest BCUT2D eigenvalue weighted by Crippen LogP contribution is -2.50. The molecule has 1 unspecified atom stereocenters. The zero-order valence-corrected chi connectivity index (χ0v) is 16.2. The average Bonchev–Trinajstić information content (AvgIpc) is 3.49. The van der Waals surface area contributed by atoms with Crippen molar-refractivity contribution in [1.29, 1.82) is 0 Å². The van der Waals surface area contributed by atoms with E-state index in [2.05, 4.69) is 20.3 Å². The van der Waals surface area contributed by atoms with E-state index in [-0.39, 0.29) is 12.1 Å². The Bertz CT molecular complexity index is 952. The first kappa shape index (κ1) is 18.0. The Hall–Kier alpha value is -3.07. The first-order chi connectivity index (χ1) is 14.2. The molecule has 4 heterocycles. The number of nitrogens with zero attached hydrogens (tertiary/aromatic N) is 5. The van der Waals surface area contributed by atoms with Gasteiger partial charge in [0.05, 0.1) is 24.5 Å². The smallest absolute Gasteiger partial charge is 0.322 e. The van der Waals surface area contributed by atoms with Gasteiger partial charge in [-0.3, -0.25) is 4.68 Å². The fraction of sp³-hybridized carbons (Fsp3) is 0.450. The third-order valence-corrected chi connectivity index (χ3v) is 5.42. The number of hydrogen-bond acceptors (Lipinski definition) is 6. The first-order valence-electron chi connectivity index (χ1n) is 10.0. The number of anilines is 2. The molecule has 9 nitrogen and oxygen atoms in total. The van der Waals surface area contributed by atoms with Crippen molar-refractivity contribution < 1.29 is 13.9 Å². The predicted molar refractivity (Wildman–Crippen MR) is 108 cm³/mol. The summed E-state index contributed by atoms with van der Waals surface area (Å²) in [5.74, 6) is 0. The minimum absolute atomic E-state index is 0.112. The van der Waals surface area contributed by atoms with Gasteiger partial charge in [0.2, 0.25) is 0 Å². The molecule has 152 valence electrons. The van der Waals surface area contributed by atoms with Gasteiger partial charge in [-0.1, -0.05) is 12.1 Å². The molecule has 2 aliphatic heterocycles. The van der Waals surface area contributed by atoms with Crippen LogP contribution in [0.3, 0.4) is 0 Å². The largest absolute Gasteiger partial charge is 0.423 e. The van der Waals surface area contributed by atoms with Crippen molar-refractivity contribution in [2.75, 3.05) is 43.0 Å². The molecule has 2 saturated heterocycles. The lowest BCUT2D eigenvalue weighted by Gasteiger charge is -2.33. The van der Waals surface area contributed by atoms with Crippen molar-refractivity contribution in [3.05, 3.63) is 36.7 Å². The Morgan fingerprint density at radius 1 is 1.21 bits per heavy atom. The van der Waals surface area contributed by atoms with E-state index in [0.29, 0.717) is 37.9 Å². The highest BCUT2D eigenvalue weighted by molar-refractivity contribution is 5.89. The number of aromatic nitrogens is 3. The number of fused-ring (bicyclic) bond motifs is 1. The van der Waals surface area contributed by atoms with E-state index in [9.17, 15) is 4.79 Å². The number of para-hydroxylation sites is 2. The summed E-state index contributed by atoms with van der Waals surface area (Å²) in [6, 6.07) is 8.22. The molecule has 0 spiro atoms. The van der Waals surface area contributed by atoms with Crippen LogP contribution in [0.25, 0.3) is 11.1 Å². The molecule has 1 aromatic carbocycles. The van der Waals surface area contributed by atoms with Crippen molar-refractivity contribution in [3.63, 3.8) is 0 Å². The van der Waals surface area contributed by atoms with Gasteiger partial charge in [-0.25, -0.2) is 4.79 Å². The lowest BCUT2D eigenvalue weighted by molar-refractivity contribution is 0.0940. The van der Waals surface area contributed by atoms with Crippen molar-refractivity contribution in [2.45, 2.75) is 25.5 Å². The average molecular weight is 396 g/mol. The van der Waals surface area contributed by atoms with E-state index in [1.165, 1.54) is 0 Å². The Balaban J connectivity index is 1.14. The summed E-state index contributed by atoms with van der Waals surface area (Å²) >= 11 is 0. The Labute approximate surface area is 168 Å². The quantitative estimate of drug-likeness (QED) is 0.729. The molecular weight excluding hydrogens is 372 g/mol. The van der Waals surface area contributed by atoms with E-state index < -0.39 is 0 Å². The molecule has 0 bridgehead atoms. The molecule has 3 aromatic rings. The van der Waals surface area contributed by atoms with Crippen LogP contribution in [-0.4, -0.2) is 64.6 Å². The molecule has 9 heteroatoms. The fourth-order valence-electron chi connectivity index (χ4n) is 3.82. The maximum absolute atomic E-state index is 12.6. The molecule has 0 radical (unpaired) electrons. The summed E-state index contributed by atoms with van der Waals surface area (Å²) in [4.78, 5) is 21.0. The SMILES string of the molecule is O=C(Nc1cnn(CC2CCCO2)c1)N1CCN(c2nc3ccccc3o2)CC1. The second-order valence-electron chi connectivity index (χ2n) is 7.45. The van der Waals surface area contributed by atoms with E-state index in [4.69, 9.17) is 9.15 Å². The maximum Gasteiger partial charge on any atom is 0.322 e. The minimum Gasteiger partial charge on any atom is -0.423 e. The molecular formula is C20H24N6O3. The van der Waals surface area contributed by atoms with Gasteiger partial charge in [0.1, 0.15) is 5.52 Å². The summed E-state index contributed by atoms with van der Waals surface area (Å²) < 4.78 is 13.3. The summed E-state index contributed by atoms with van der Waals surface area (Å²) in [6.45, 7) is 4.12. The van der Waals surface area contributed by atoms with E-state index in [1.807, 2.05) is 35.1 Å². The highest BCUT2D eigenvalue weighted by atomic mass is 16.5. The summed E-state index contributed by atoms with van der Waals surface area (Å²) in [5, 5.41) is 7.26. The van der Waals surface area contributed by atoms with Crippen LogP contribution in [-0.2, 0) is 11.3 Å². The Morgan fingerprint density at radius 2 is 2.07 bits per heavy atom. The molecule has 1 N–H and O–H groups in total. The minimum atomic E-state index is -0.112. The van der Waals surface area contributed by atoms with Crippen molar-refractivity contribution in [3.8, 4) is 0 Å². The summed E-state index contributed by atoms with van der Waals surface area (Å²) in [6.07, 6.45) is 5.92. The fourth-order valence-corrected chi connectivity index (χ4v) is 3.82. The summed E-state index contributed by atoms with van der Waals surface area (Å²) in [5.41, 5.74) is 2.33. The van der Waals surface area contributed by atoms with Crippen LogP contribution in [0.5, 0.6) is 0 Å². The van der Waals surface area contributed by atoms with Crippen molar-refractivity contribution in [2.24, 2.45) is 0 Å².